The van der Waals surface area contributed by atoms with Crippen LogP contribution in [0, 0.1) is 11.3 Å². The van der Waals surface area contributed by atoms with Gasteiger partial charge in [-0.15, -0.1) is 11.3 Å². The lowest BCUT2D eigenvalue weighted by Gasteiger charge is -2.13. The molecule has 2 aromatic heterocycles. The molecule has 31 heavy (non-hydrogen) atoms. The number of carbonyl (C=O) groups excluding carboxylic acids is 1. The van der Waals surface area contributed by atoms with E-state index in [4.69, 9.17) is 4.98 Å². The summed E-state index contributed by atoms with van der Waals surface area (Å²) in [6.07, 6.45) is 1.78. The van der Waals surface area contributed by atoms with Crippen LogP contribution in [0.1, 0.15) is 34.6 Å². The molecule has 1 atom stereocenters. The highest BCUT2D eigenvalue weighted by Gasteiger charge is 2.16. The number of hydrogen-bond donors (Lipinski definition) is 2. The third kappa shape index (κ3) is 4.02. The fourth-order valence-electron chi connectivity index (χ4n) is 3.70. The molecule has 0 radical (unpaired) electrons. The molecular weight excluding hydrogens is 404 g/mol. The van der Waals surface area contributed by atoms with Gasteiger partial charge in [0.15, 0.2) is 6.29 Å². The molecule has 6 heteroatoms. The van der Waals surface area contributed by atoms with E-state index in [0.717, 1.165) is 56.2 Å². The maximum Gasteiger partial charge on any atom is 0.162 e. The Morgan fingerprint density at radius 3 is 2.77 bits per heavy atom. The van der Waals surface area contributed by atoms with Gasteiger partial charge < -0.3 is 10.6 Å². The fourth-order valence-corrected chi connectivity index (χ4v) is 4.72. The third-order valence-corrected chi connectivity index (χ3v) is 6.64. The van der Waals surface area contributed by atoms with Gasteiger partial charge in [0.05, 0.1) is 33.4 Å². The van der Waals surface area contributed by atoms with Crippen molar-refractivity contribution in [1.29, 1.82) is 5.26 Å². The van der Waals surface area contributed by atoms with Crippen molar-refractivity contribution in [1.82, 2.24) is 10.3 Å². The number of aryl methyl sites for hydroxylation is 1. The first-order chi connectivity index (χ1) is 15.1. The summed E-state index contributed by atoms with van der Waals surface area (Å²) in [5.41, 5.74) is 5.28. The number of aldehydes is 1. The van der Waals surface area contributed by atoms with Crippen LogP contribution in [0.2, 0.25) is 0 Å². The number of nitriles is 1. The van der Waals surface area contributed by atoms with E-state index in [9.17, 15) is 10.1 Å². The number of anilines is 1. The highest BCUT2D eigenvalue weighted by atomic mass is 32.1. The average molecular weight is 429 g/mol. The normalized spacial score (nSPS) is 12.1. The summed E-state index contributed by atoms with van der Waals surface area (Å²) < 4.78 is 1.06. The number of rotatable bonds is 7. The largest absolute Gasteiger partial charge is 0.382 e. The molecule has 0 saturated carbocycles. The average Bonchev–Trinajstić information content (AvgIpc) is 3.19. The number of aromatic nitrogens is 1. The summed E-state index contributed by atoms with van der Waals surface area (Å²) in [6, 6.07) is 16.5. The van der Waals surface area contributed by atoms with Gasteiger partial charge in [0.2, 0.25) is 0 Å². The van der Waals surface area contributed by atoms with Crippen molar-refractivity contribution in [2.45, 2.75) is 26.3 Å². The molecule has 5 nitrogen and oxygen atoms in total. The molecule has 0 saturated heterocycles. The van der Waals surface area contributed by atoms with E-state index in [1.165, 1.54) is 11.3 Å². The molecule has 0 fully saturated rings. The lowest BCUT2D eigenvalue weighted by Crippen LogP contribution is -2.29. The van der Waals surface area contributed by atoms with Crippen LogP contribution >= 0.6 is 11.3 Å². The second-order valence-corrected chi connectivity index (χ2v) is 8.70. The summed E-state index contributed by atoms with van der Waals surface area (Å²) >= 11 is 1.49. The number of fused-ring (bicyclic) bond motifs is 3. The zero-order chi connectivity index (χ0) is 22.0. The maximum absolute atomic E-state index is 11.7. The van der Waals surface area contributed by atoms with Gasteiger partial charge in [0.1, 0.15) is 0 Å². The number of thiophene rings is 1. The van der Waals surface area contributed by atoms with Crippen LogP contribution in [-0.4, -0.2) is 30.9 Å². The van der Waals surface area contributed by atoms with Gasteiger partial charge >= 0.3 is 0 Å². The number of likely N-dealkylation sites (N-methyl/N-ethyl adjacent to an activating group) is 1. The van der Waals surface area contributed by atoms with E-state index in [1.54, 1.807) is 0 Å². The topological polar surface area (TPSA) is 77.8 Å². The molecule has 0 bridgehead atoms. The molecule has 0 spiro atoms. The van der Waals surface area contributed by atoms with Crippen molar-refractivity contribution in [3.8, 4) is 17.3 Å². The second kappa shape index (κ2) is 8.84. The first-order valence-electron chi connectivity index (χ1n) is 10.3. The quantitative estimate of drug-likeness (QED) is 0.386. The lowest BCUT2D eigenvalue weighted by atomic mass is 10.0. The number of nitrogens with one attached hydrogen (secondary N) is 2. The van der Waals surface area contributed by atoms with Crippen molar-refractivity contribution in [3.63, 3.8) is 0 Å². The van der Waals surface area contributed by atoms with Gasteiger partial charge in [-0.25, -0.2) is 4.98 Å². The van der Waals surface area contributed by atoms with Crippen molar-refractivity contribution >= 4 is 44.3 Å². The Hall–Kier alpha value is -3.27. The van der Waals surface area contributed by atoms with E-state index < -0.39 is 0 Å². The van der Waals surface area contributed by atoms with Crippen LogP contribution in [0.25, 0.3) is 32.2 Å². The minimum atomic E-state index is 0.273. The number of benzene rings is 2. The summed E-state index contributed by atoms with van der Waals surface area (Å²) in [7, 11) is 1.92. The number of pyridine rings is 1. The van der Waals surface area contributed by atoms with Crippen LogP contribution in [-0.2, 0) is 6.42 Å². The minimum Gasteiger partial charge on any atom is -0.382 e. The molecule has 4 rings (SSSR count). The Balaban J connectivity index is 1.86. The van der Waals surface area contributed by atoms with Gasteiger partial charge in [-0.3, -0.25) is 4.79 Å². The van der Waals surface area contributed by atoms with Crippen molar-refractivity contribution < 1.29 is 4.79 Å². The van der Waals surface area contributed by atoms with Crippen LogP contribution < -0.4 is 10.6 Å². The molecule has 2 aromatic carbocycles. The number of nitrogens with zero attached hydrogens (tertiary/aromatic N) is 2. The van der Waals surface area contributed by atoms with E-state index in [2.05, 4.69) is 42.7 Å². The van der Waals surface area contributed by atoms with Crippen LogP contribution in [0.15, 0.2) is 42.5 Å². The Labute approximate surface area is 185 Å². The molecule has 0 unspecified atom stereocenters. The Kier molecular flexibility index (Phi) is 5.99. The lowest BCUT2D eigenvalue weighted by molar-refractivity contribution is 0.112. The predicted octanol–water partition coefficient (Wildman–Crippen LogP) is 5.38. The van der Waals surface area contributed by atoms with Gasteiger partial charge in [0.25, 0.3) is 0 Å². The molecule has 0 aliphatic heterocycles. The van der Waals surface area contributed by atoms with Crippen LogP contribution in [0.3, 0.4) is 0 Å². The molecule has 156 valence electrons. The third-order valence-electron chi connectivity index (χ3n) is 5.56. The zero-order valence-corrected chi connectivity index (χ0v) is 18.6. The standard InChI is InChI=1S/C25H24N4OS/c1-4-16-9-17(12-26)11-18(10-16)20-6-5-19-21(29-20)7-8-22-24(19)25(23(14-30)31-22)28-13-15(2)27-3/h5-11,14-15,27-28H,4,13H2,1-3H3/t15-/m1/s1. The number of carbonyl (C=O) groups is 1. The monoisotopic (exact) mass is 428 g/mol. The first-order valence-corrected chi connectivity index (χ1v) is 11.2. The van der Waals surface area contributed by atoms with Crippen LogP contribution in [0.5, 0.6) is 0 Å². The molecule has 2 heterocycles. The van der Waals surface area contributed by atoms with Gasteiger partial charge in [-0.1, -0.05) is 6.92 Å². The highest BCUT2D eigenvalue weighted by Crippen LogP contribution is 2.39. The molecule has 4 aromatic rings. The summed E-state index contributed by atoms with van der Waals surface area (Å²) in [5, 5.41) is 18.1. The molecular formula is C25H24N4OS. The van der Waals surface area contributed by atoms with Crippen molar-refractivity contribution in [2.24, 2.45) is 0 Å². The van der Waals surface area contributed by atoms with Crippen molar-refractivity contribution in [3.05, 3.63) is 58.5 Å². The maximum atomic E-state index is 11.7. The summed E-state index contributed by atoms with van der Waals surface area (Å²) in [4.78, 5) is 17.3. The zero-order valence-electron chi connectivity index (χ0n) is 17.8. The molecule has 0 aliphatic rings. The Morgan fingerprint density at radius 1 is 1.23 bits per heavy atom. The first kappa shape index (κ1) is 21.0. The van der Waals surface area contributed by atoms with Crippen molar-refractivity contribution in [2.75, 3.05) is 18.9 Å². The fraction of sp³-hybridized carbons (Fsp3) is 0.240. The van der Waals surface area contributed by atoms with Gasteiger partial charge in [0, 0.05) is 33.6 Å². The Bertz CT molecular complexity index is 1320. The predicted molar refractivity (Wildman–Crippen MR) is 129 cm³/mol. The van der Waals surface area contributed by atoms with Gasteiger partial charge in [-0.05, 0) is 68.4 Å². The smallest absolute Gasteiger partial charge is 0.162 e. The summed E-state index contributed by atoms with van der Waals surface area (Å²) in [5.74, 6) is 0. The SMILES string of the molecule is CCc1cc(C#N)cc(-c2ccc3c(ccc4sc(C=O)c(NC[C@@H](C)NC)c43)n2)c1. The van der Waals surface area contributed by atoms with E-state index in [1.807, 2.05) is 37.4 Å². The molecule has 0 amide bonds. The van der Waals surface area contributed by atoms with E-state index in [-0.39, 0.29) is 6.04 Å². The van der Waals surface area contributed by atoms with E-state index >= 15 is 0 Å². The Morgan fingerprint density at radius 2 is 2.06 bits per heavy atom. The second-order valence-electron chi connectivity index (χ2n) is 7.62. The minimum absolute atomic E-state index is 0.273. The van der Waals surface area contributed by atoms with Gasteiger partial charge in [-0.2, -0.15) is 5.26 Å². The molecule has 2 N–H and O–H groups in total. The van der Waals surface area contributed by atoms with E-state index in [0.29, 0.717) is 17.0 Å². The van der Waals surface area contributed by atoms with Crippen LogP contribution in [0.4, 0.5) is 5.69 Å². The highest BCUT2D eigenvalue weighted by molar-refractivity contribution is 7.21. The summed E-state index contributed by atoms with van der Waals surface area (Å²) in [6.45, 7) is 4.88. The number of hydrogen-bond acceptors (Lipinski definition) is 6. The molecule has 0 aliphatic carbocycles.